The van der Waals surface area contributed by atoms with Gasteiger partial charge in [0.05, 0.1) is 4.90 Å². The number of hydrogen-bond acceptors (Lipinski definition) is 3. The van der Waals surface area contributed by atoms with Gasteiger partial charge in [-0.25, -0.2) is 12.7 Å². The molecule has 0 aromatic heterocycles. The Morgan fingerprint density at radius 1 is 1.33 bits per heavy atom. The molecule has 24 heavy (non-hydrogen) atoms. The van der Waals surface area contributed by atoms with Crippen molar-refractivity contribution in [3.63, 3.8) is 0 Å². The fourth-order valence-corrected chi connectivity index (χ4v) is 4.63. The van der Waals surface area contributed by atoms with Crippen LogP contribution in [0.15, 0.2) is 35.2 Å². The molecule has 0 spiro atoms. The second-order valence-corrected chi connectivity index (χ2v) is 8.84. The molecule has 1 aliphatic carbocycles. The van der Waals surface area contributed by atoms with Crippen molar-refractivity contribution in [3.05, 3.63) is 41.5 Å². The lowest BCUT2D eigenvalue weighted by atomic mass is 9.98. The number of sulfonamides is 1. The highest BCUT2D eigenvalue weighted by Crippen LogP contribution is 2.28. The summed E-state index contributed by atoms with van der Waals surface area (Å²) in [5.74, 6) is 0.525. The first-order valence-electron chi connectivity index (χ1n) is 8.37. The molecule has 1 aliphatic heterocycles. The fourth-order valence-electron chi connectivity index (χ4n) is 3.44. The molecule has 1 heterocycles. The second-order valence-electron chi connectivity index (χ2n) is 6.72. The molecule has 6 heteroatoms. The molecule has 0 fully saturated rings. The van der Waals surface area contributed by atoms with Crippen molar-refractivity contribution in [2.75, 3.05) is 20.6 Å². The van der Waals surface area contributed by atoms with Gasteiger partial charge in [0, 0.05) is 33.6 Å². The quantitative estimate of drug-likeness (QED) is 0.784. The van der Waals surface area contributed by atoms with Crippen molar-refractivity contribution < 1.29 is 13.2 Å². The van der Waals surface area contributed by atoms with Crippen LogP contribution in [0, 0.1) is 5.92 Å². The van der Waals surface area contributed by atoms with Crippen LogP contribution >= 0.6 is 0 Å². The maximum Gasteiger partial charge on any atom is 0.242 e. The summed E-state index contributed by atoms with van der Waals surface area (Å²) in [7, 11) is -0.366. The van der Waals surface area contributed by atoms with Crippen molar-refractivity contribution in [2.45, 2.75) is 37.1 Å². The van der Waals surface area contributed by atoms with E-state index in [2.05, 4.69) is 12.2 Å². The highest BCUT2D eigenvalue weighted by Gasteiger charge is 2.28. The Morgan fingerprint density at radius 3 is 2.79 bits per heavy atom. The molecule has 1 aromatic carbocycles. The summed E-state index contributed by atoms with van der Waals surface area (Å²) in [6.45, 7) is 1.09. The van der Waals surface area contributed by atoms with Gasteiger partial charge in [0.2, 0.25) is 15.9 Å². The minimum Gasteiger partial charge on any atom is -0.338 e. The van der Waals surface area contributed by atoms with E-state index in [-0.39, 0.29) is 5.91 Å². The molecule has 0 bridgehead atoms. The van der Waals surface area contributed by atoms with Crippen molar-refractivity contribution in [3.8, 4) is 0 Å². The van der Waals surface area contributed by atoms with E-state index in [0.717, 1.165) is 24.0 Å². The molecule has 130 valence electrons. The van der Waals surface area contributed by atoms with E-state index in [4.69, 9.17) is 0 Å². The molecule has 1 atom stereocenters. The molecular weight excluding hydrogens is 324 g/mol. The minimum atomic E-state index is -3.45. The van der Waals surface area contributed by atoms with Gasteiger partial charge in [-0.15, -0.1) is 0 Å². The third-order valence-electron chi connectivity index (χ3n) is 4.88. The van der Waals surface area contributed by atoms with E-state index >= 15 is 0 Å². The Balaban J connectivity index is 1.79. The zero-order valence-electron chi connectivity index (χ0n) is 14.2. The number of allylic oxidation sites excluding steroid dienone is 2. The number of hydrogen-bond donors (Lipinski definition) is 0. The topological polar surface area (TPSA) is 57.7 Å². The van der Waals surface area contributed by atoms with Gasteiger partial charge in [0.1, 0.15) is 0 Å². The second kappa shape index (κ2) is 6.69. The summed E-state index contributed by atoms with van der Waals surface area (Å²) in [5, 5.41) is 0. The monoisotopic (exact) mass is 348 g/mol. The van der Waals surface area contributed by atoms with E-state index in [9.17, 15) is 13.2 Å². The smallest absolute Gasteiger partial charge is 0.242 e. The maximum absolute atomic E-state index is 12.5. The zero-order chi connectivity index (χ0) is 17.3. The molecule has 5 nitrogen and oxygen atoms in total. The van der Waals surface area contributed by atoms with E-state index in [0.29, 0.717) is 36.7 Å². The van der Waals surface area contributed by atoms with E-state index in [1.165, 1.54) is 4.31 Å². The molecule has 0 radical (unpaired) electrons. The molecule has 0 saturated carbocycles. The lowest BCUT2D eigenvalue weighted by Crippen LogP contribution is -2.37. The summed E-state index contributed by atoms with van der Waals surface area (Å²) >= 11 is 0. The van der Waals surface area contributed by atoms with Crippen molar-refractivity contribution >= 4 is 15.9 Å². The number of carbonyl (C=O) groups is 1. The van der Waals surface area contributed by atoms with Gasteiger partial charge in [0.15, 0.2) is 0 Å². The average Bonchev–Trinajstić information content (AvgIpc) is 3.06. The maximum atomic E-state index is 12.5. The standard InChI is InChI=1S/C18H24N2O3S/c1-19(2)24(22,23)17-9-5-8-15-13-20(11-10-16(15)17)18(21)12-14-6-3-4-7-14/h3,5-6,8-9,14H,4,7,10-13H2,1-2H3/t14-/m1/s1. The Kier molecular flexibility index (Phi) is 4.78. The number of fused-ring (bicyclic) bond motifs is 1. The van der Waals surface area contributed by atoms with Gasteiger partial charge in [-0.1, -0.05) is 24.3 Å². The molecular formula is C18H24N2O3S. The van der Waals surface area contributed by atoms with Crippen LogP contribution in [0.4, 0.5) is 0 Å². The molecule has 1 amide bonds. The minimum absolute atomic E-state index is 0.165. The summed E-state index contributed by atoms with van der Waals surface area (Å²) in [5.41, 5.74) is 1.80. The van der Waals surface area contributed by atoms with Crippen LogP contribution in [0.1, 0.15) is 30.4 Å². The highest BCUT2D eigenvalue weighted by molar-refractivity contribution is 7.89. The van der Waals surface area contributed by atoms with Crippen molar-refractivity contribution in [2.24, 2.45) is 5.92 Å². The Hall–Kier alpha value is -1.66. The largest absolute Gasteiger partial charge is 0.338 e. The Bertz CT molecular complexity index is 768. The first-order chi connectivity index (χ1) is 11.4. The molecule has 0 unspecified atom stereocenters. The predicted molar refractivity (Wildman–Crippen MR) is 92.9 cm³/mol. The molecule has 3 rings (SSSR count). The summed E-state index contributed by atoms with van der Waals surface area (Å²) in [6, 6.07) is 5.36. The lowest BCUT2D eigenvalue weighted by molar-refractivity contribution is -0.132. The number of amides is 1. The van der Waals surface area contributed by atoms with Crippen LogP contribution in [0.2, 0.25) is 0 Å². The van der Waals surface area contributed by atoms with Crippen LogP contribution in [0.25, 0.3) is 0 Å². The van der Waals surface area contributed by atoms with Crippen LogP contribution in [-0.4, -0.2) is 44.2 Å². The van der Waals surface area contributed by atoms with Gasteiger partial charge in [-0.05, 0) is 42.4 Å². The van der Waals surface area contributed by atoms with E-state index in [1.54, 1.807) is 26.2 Å². The third kappa shape index (κ3) is 3.26. The first kappa shape index (κ1) is 17.2. The fraction of sp³-hybridized carbons (Fsp3) is 0.500. The first-order valence-corrected chi connectivity index (χ1v) is 9.81. The van der Waals surface area contributed by atoms with Crippen molar-refractivity contribution in [1.29, 1.82) is 0 Å². The van der Waals surface area contributed by atoms with Crippen LogP contribution in [-0.2, 0) is 27.8 Å². The number of carbonyl (C=O) groups excluding carboxylic acids is 1. The van der Waals surface area contributed by atoms with Crippen LogP contribution in [0.5, 0.6) is 0 Å². The summed E-state index contributed by atoms with van der Waals surface area (Å²) < 4.78 is 26.2. The molecule has 0 N–H and O–H groups in total. The number of rotatable bonds is 4. The normalized spacial score (nSPS) is 20.5. The lowest BCUT2D eigenvalue weighted by Gasteiger charge is -2.31. The Labute approximate surface area is 144 Å². The number of nitrogens with zero attached hydrogens (tertiary/aromatic N) is 2. The van der Waals surface area contributed by atoms with Crippen LogP contribution in [0.3, 0.4) is 0 Å². The summed E-state index contributed by atoms with van der Waals surface area (Å²) in [6.07, 6.45) is 7.54. The van der Waals surface area contributed by atoms with Gasteiger partial charge in [0.25, 0.3) is 0 Å². The predicted octanol–water partition coefficient (Wildman–Crippen LogP) is 2.18. The zero-order valence-corrected chi connectivity index (χ0v) is 15.1. The third-order valence-corrected chi connectivity index (χ3v) is 6.78. The highest BCUT2D eigenvalue weighted by atomic mass is 32.2. The van der Waals surface area contributed by atoms with E-state index in [1.807, 2.05) is 11.0 Å². The number of benzene rings is 1. The van der Waals surface area contributed by atoms with Gasteiger partial charge >= 0.3 is 0 Å². The molecule has 1 aromatic rings. The van der Waals surface area contributed by atoms with Crippen molar-refractivity contribution in [1.82, 2.24) is 9.21 Å². The average molecular weight is 348 g/mol. The van der Waals surface area contributed by atoms with Gasteiger partial charge in [-0.2, -0.15) is 0 Å². The molecule has 2 aliphatic rings. The molecule has 0 saturated heterocycles. The van der Waals surface area contributed by atoms with Crippen LogP contribution < -0.4 is 0 Å². The van der Waals surface area contributed by atoms with E-state index < -0.39 is 10.0 Å². The summed E-state index contributed by atoms with van der Waals surface area (Å²) in [4.78, 5) is 14.8. The van der Waals surface area contributed by atoms with Gasteiger partial charge < -0.3 is 4.90 Å². The van der Waals surface area contributed by atoms with Gasteiger partial charge in [-0.3, -0.25) is 4.79 Å². The Morgan fingerprint density at radius 2 is 2.12 bits per heavy atom. The SMILES string of the molecule is CN(C)S(=O)(=O)c1cccc2c1CCN(C(=O)C[C@@H]1C=CCC1)C2.